The largest absolute Gasteiger partial charge is 0.340 e. The normalized spacial score (nSPS) is 22.8. The zero-order valence-electron chi connectivity index (χ0n) is 14.1. The minimum atomic E-state index is 0.249. The summed E-state index contributed by atoms with van der Waals surface area (Å²) in [7, 11) is 0. The second-order valence-electron chi connectivity index (χ2n) is 6.79. The maximum Gasteiger partial charge on any atom is 0.242 e. The summed E-state index contributed by atoms with van der Waals surface area (Å²) in [4.78, 5) is 17.4. The van der Waals surface area contributed by atoms with Gasteiger partial charge in [-0.1, -0.05) is 18.2 Å². The maximum absolute atomic E-state index is 12.8. The molecule has 2 aliphatic heterocycles. The Kier molecular flexibility index (Phi) is 4.81. The van der Waals surface area contributed by atoms with Crippen LogP contribution in [0.1, 0.15) is 12.8 Å². The van der Waals surface area contributed by atoms with Gasteiger partial charge in [-0.15, -0.1) is 0 Å². The quantitative estimate of drug-likeness (QED) is 0.858. The third-order valence-corrected chi connectivity index (χ3v) is 6.44. The summed E-state index contributed by atoms with van der Waals surface area (Å²) in [5.41, 5.74) is 1.14. The van der Waals surface area contributed by atoms with Crippen LogP contribution in [0.15, 0.2) is 36.5 Å². The van der Waals surface area contributed by atoms with E-state index in [0.29, 0.717) is 6.54 Å². The number of aromatic nitrogens is 1. The molecule has 1 atom stereocenters. The number of thioether (sulfide) groups is 1. The van der Waals surface area contributed by atoms with Gasteiger partial charge < -0.3 is 9.47 Å². The molecule has 1 unspecified atom stereocenters. The Hall–Kier alpha value is -1.46. The molecular formula is C19H25N3OS. The number of rotatable bonds is 3. The third-order valence-electron chi connectivity index (χ3n) is 5.29. The molecular weight excluding hydrogens is 318 g/mol. The number of para-hydroxylation sites is 1. The molecule has 1 aromatic carbocycles. The van der Waals surface area contributed by atoms with Crippen LogP contribution in [-0.2, 0) is 11.3 Å². The predicted octanol–water partition coefficient (Wildman–Crippen LogP) is 2.68. The Bertz CT molecular complexity index is 707. The number of benzene rings is 1. The van der Waals surface area contributed by atoms with E-state index >= 15 is 0 Å². The number of nitrogens with zero attached hydrogens (tertiary/aromatic N) is 3. The average molecular weight is 343 g/mol. The van der Waals surface area contributed by atoms with Gasteiger partial charge >= 0.3 is 0 Å². The first-order chi connectivity index (χ1) is 11.8. The van der Waals surface area contributed by atoms with Crippen molar-refractivity contribution in [1.29, 1.82) is 0 Å². The zero-order chi connectivity index (χ0) is 16.4. The van der Waals surface area contributed by atoms with Crippen LogP contribution < -0.4 is 0 Å². The van der Waals surface area contributed by atoms with E-state index in [4.69, 9.17) is 0 Å². The summed E-state index contributed by atoms with van der Waals surface area (Å²) in [6, 6.07) is 11.1. The van der Waals surface area contributed by atoms with Crippen molar-refractivity contribution in [1.82, 2.24) is 14.4 Å². The highest BCUT2D eigenvalue weighted by atomic mass is 32.2. The first-order valence-electron chi connectivity index (χ1n) is 8.95. The summed E-state index contributed by atoms with van der Waals surface area (Å²) in [6.45, 7) is 4.39. The number of hydrogen-bond donors (Lipinski definition) is 0. The number of fused-ring (bicyclic) bond motifs is 1. The molecule has 0 N–H and O–H groups in total. The van der Waals surface area contributed by atoms with Gasteiger partial charge in [-0.3, -0.25) is 9.69 Å². The Morgan fingerprint density at radius 2 is 2.04 bits per heavy atom. The molecule has 1 aromatic heterocycles. The molecule has 3 heterocycles. The molecule has 128 valence electrons. The van der Waals surface area contributed by atoms with Crippen LogP contribution in [0.5, 0.6) is 0 Å². The minimum absolute atomic E-state index is 0.249. The molecule has 0 saturated carbocycles. The molecule has 0 radical (unpaired) electrons. The second kappa shape index (κ2) is 7.19. The summed E-state index contributed by atoms with van der Waals surface area (Å²) < 4.78 is 2.08. The van der Waals surface area contributed by atoms with Crippen LogP contribution in [0.4, 0.5) is 0 Å². The minimum Gasteiger partial charge on any atom is -0.340 e. The van der Waals surface area contributed by atoms with E-state index in [9.17, 15) is 4.79 Å². The number of amides is 1. The maximum atomic E-state index is 12.8. The lowest BCUT2D eigenvalue weighted by atomic mass is 10.2. The summed E-state index contributed by atoms with van der Waals surface area (Å²) in [5.74, 6) is 2.81. The second-order valence-corrected chi connectivity index (χ2v) is 7.94. The predicted molar refractivity (Wildman–Crippen MR) is 100 cm³/mol. The van der Waals surface area contributed by atoms with Crippen molar-refractivity contribution in [3.8, 4) is 0 Å². The highest BCUT2D eigenvalue weighted by Crippen LogP contribution is 2.23. The fourth-order valence-corrected chi connectivity index (χ4v) is 5.14. The van der Waals surface area contributed by atoms with Crippen molar-refractivity contribution in [2.45, 2.75) is 25.4 Å². The summed E-state index contributed by atoms with van der Waals surface area (Å²) in [6.07, 6.45) is 4.44. The van der Waals surface area contributed by atoms with E-state index in [2.05, 4.69) is 44.3 Å². The average Bonchev–Trinajstić information content (AvgIpc) is 3.20. The van der Waals surface area contributed by atoms with Crippen LogP contribution in [-0.4, -0.2) is 64.0 Å². The lowest BCUT2D eigenvalue weighted by Crippen LogP contribution is -2.40. The molecule has 0 spiro atoms. The van der Waals surface area contributed by atoms with Gasteiger partial charge in [-0.2, -0.15) is 11.8 Å². The first-order valence-corrected chi connectivity index (χ1v) is 10.1. The van der Waals surface area contributed by atoms with E-state index in [1.807, 2.05) is 18.3 Å². The van der Waals surface area contributed by atoms with Gasteiger partial charge in [0, 0.05) is 49.7 Å². The van der Waals surface area contributed by atoms with Gasteiger partial charge in [0.25, 0.3) is 0 Å². The van der Waals surface area contributed by atoms with Gasteiger partial charge in [0.05, 0.1) is 0 Å². The van der Waals surface area contributed by atoms with Gasteiger partial charge in [0.2, 0.25) is 5.91 Å². The highest BCUT2D eigenvalue weighted by molar-refractivity contribution is 7.99. The smallest absolute Gasteiger partial charge is 0.242 e. The van der Waals surface area contributed by atoms with Crippen molar-refractivity contribution in [2.75, 3.05) is 37.7 Å². The molecule has 0 bridgehead atoms. The van der Waals surface area contributed by atoms with Gasteiger partial charge in [0.1, 0.15) is 6.54 Å². The lowest BCUT2D eigenvalue weighted by Gasteiger charge is -2.26. The van der Waals surface area contributed by atoms with E-state index < -0.39 is 0 Å². The highest BCUT2D eigenvalue weighted by Gasteiger charge is 2.26. The molecule has 2 saturated heterocycles. The van der Waals surface area contributed by atoms with E-state index in [1.165, 1.54) is 23.3 Å². The van der Waals surface area contributed by atoms with E-state index in [-0.39, 0.29) is 5.91 Å². The van der Waals surface area contributed by atoms with Crippen LogP contribution in [0.25, 0.3) is 10.9 Å². The fraction of sp³-hybridized carbons (Fsp3) is 0.526. The van der Waals surface area contributed by atoms with Crippen LogP contribution in [0.3, 0.4) is 0 Å². The number of carbonyl (C=O) groups is 1. The monoisotopic (exact) mass is 343 g/mol. The van der Waals surface area contributed by atoms with Crippen LogP contribution >= 0.6 is 11.8 Å². The van der Waals surface area contributed by atoms with Gasteiger partial charge in [-0.05, 0) is 36.1 Å². The molecule has 2 aromatic rings. The summed E-state index contributed by atoms with van der Waals surface area (Å²) >= 11 is 2.07. The zero-order valence-corrected chi connectivity index (χ0v) is 14.9. The van der Waals surface area contributed by atoms with E-state index in [1.54, 1.807) is 0 Å². The molecule has 24 heavy (non-hydrogen) atoms. The van der Waals surface area contributed by atoms with Gasteiger partial charge in [0.15, 0.2) is 0 Å². The van der Waals surface area contributed by atoms with Crippen molar-refractivity contribution < 1.29 is 4.79 Å². The fourth-order valence-electron chi connectivity index (χ4n) is 3.89. The molecule has 0 aliphatic carbocycles. The van der Waals surface area contributed by atoms with Crippen molar-refractivity contribution in [3.05, 3.63) is 36.5 Å². The molecule has 4 rings (SSSR count). The topological polar surface area (TPSA) is 28.5 Å². The van der Waals surface area contributed by atoms with Crippen molar-refractivity contribution >= 4 is 28.6 Å². The summed E-state index contributed by atoms with van der Waals surface area (Å²) in [5, 5.41) is 1.20. The molecule has 4 nitrogen and oxygen atoms in total. The Balaban J connectivity index is 1.39. The van der Waals surface area contributed by atoms with Crippen LogP contribution in [0, 0.1) is 0 Å². The number of carbonyl (C=O) groups excluding carboxylic acids is 1. The van der Waals surface area contributed by atoms with Crippen molar-refractivity contribution in [2.24, 2.45) is 0 Å². The van der Waals surface area contributed by atoms with Crippen molar-refractivity contribution in [3.63, 3.8) is 0 Å². The standard InChI is InChI=1S/C19H25N3OS/c23-19(14-22-10-6-16-4-1-2-5-18(16)22)21-9-3-8-20(11-12-21)17-7-13-24-15-17/h1-2,4-6,10,17H,3,7-9,11-15H2. The SMILES string of the molecule is O=C(Cn1ccc2ccccc21)N1CCCN(C2CCSC2)CC1. The molecule has 5 heteroatoms. The Labute approximate surface area is 147 Å². The molecule has 2 fully saturated rings. The Morgan fingerprint density at radius 3 is 2.92 bits per heavy atom. The third kappa shape index (κ3) is 3.33. The lowest BCUT2D eigenvalue weighted by molar-refractivity contribution is -0.131. The first kappa shape index (κ1) is 16.0. The van der Waals surface area contributed by atoms with Gasteiger partial charge in [-0.25, -0.2) is 0 Å². The molecule has 2 aliphatic rings. The Morgan fingerprint density at radius 1 is 1.12 bits per heavy atom. The van der Waals surface area contributed by atoms with E-state index in [0.717, 1.165) is 44.2 Å². The number of hydrogen-bond acceptors (Lipinski definition) is 3. The molecule has 1 amide bonds. The van der Waals surface area contributed by atoms with Crippen LogP contribution in [0.2, 0.25) is 0 Å².